The number of aromatic nitrogens is 2. The van der Waals surface area contributed by atoms with E-state index >= 15 is 0 Å². The maximum absolute atomic E-state index is 12.7. The number of likely N-dealkylation sites (tertiary alicyclic amines) is 1. The molecule has 0 aliphatic carbocycles. The van der Waals surface area contributed by atoms with Crippen LogP contribution in [-0.4, -0.2) is 59.3 Å². The van der Waals surface area contributed by atoms with Gasteiger partial charge in [0.05, 0.1) is 12.2 Å². The molecule has 2 aliphatic rings. The standard InChI is InChI=1S/C15H24N4O3S/c1-2-17-11-14(16-12-17)23(21,22)19-9-5-6-13(10-19)15(20)18-7-3-4-8-18/h11-13H,2-10H2,1H3/t13-/m0/s1. The van der Waals surface area contributed by atoms with Crippen LogP contribution >= 0.6 is 0 Å². The van der Waals surface area contributed by atoms with E-state index in [0.29, 0.717) is 13.1 Å². The van der Waals surface area contributed by atoms with Gasteiger partial charge in [-0.2, -0.15) is 4.31 Å². The Hall–Kier alpha value is -1.41. The van der Waals surface area contributed by atoms with Gasteiger partial charge in [0.1, 0.15) is 0 Å². The zero-order valence-electron chi connectivity index (χ0n) is 13.5. The number of hydrogen-bond acceptors (Lipinski definition) is 4. The van der Waals surface area contributed by atoms with E-state index in [4.69, 9.17) is 0 Å². The molecule has 2 fully saturated rings. The minimum absolute atomic E-state index is 0.0774. The minimum Gasteiger partial charge on any atom is -0.342 e. The third-order valence-corrected chi connectivity index (χ3v) is 6.48. The number of rotatable bonds is 4. The normalized spacial score (nSPS) is 23.3. The number of carbonyl (C=O) groups excluding carboxylic acids is 1. The zero-order chi connectivity index (χ0) is 16.4. The summed E-state index contributed by atoms with van der Waals surface area (Å²) in [4.78, 5) is 18.4. The Kier molecular flexibility index (Phi) is 4.72. The van der Waals surface area contributed by atoms with Crippen LogP contribution in [0.15, 0.2) is 17.6 Å². The molecule has 1 aromatic rings. The molecule has 1 aromatic heterocycles. The van der Waals surface area contributed by atoms with Crippen molar-refractivity contribution in [3.8, 4) is 0 Å². The van der Waals surface area contributed by atoms with Crippen molar-refractivity contribution >= 4 is 15.9 Å². The Labute approximate surface area is 137 Å². The molecule has 7 nitrogen and oxygen atoms in total. The molecule has 8 heteroatoms. The van der Waals surface area contributed by atoms with Crippen molar-refractivity contribution in [1.29, 1.82) is 0 Å². The summed E-state index contributed by atoms with van der Waals surface area (Å²) in [6.45, 7) is 4.97. The van der Waals surface area contributed by atoms with Crippen molar-refractivity contribution in [2.45, 2.75) is 44.2 Å². The van der Waals surface area contributed by atoms with Crippen molar-refractivity contribution in [3.63, 3.8) is 0 Å². The fourth-order valence-electron chi connectivity index (χ4n) is 3.34. The number of amides is 1. The summed E-state index contributed by atoms with van der Waals surface area (Å²) < 4.78 is 28.6. The Bertz CT molecular complexity index is 664. The second-order valence-electron chi connectivity index (χ2n) is 6.28. The molecule has 1 amide bonds. The van der Waals surface area contributed by atoms with Crippen LogP contribution in [0, 0.1) is 5.92 Å². The second kappa shape index (κ2) is 6.60. The highest BCUT2D eigenvalue weighted by molar-refractivity contribution is 7.89. The molecule has 0 unspecified atom stereocenters. The first-order valence-corrected chi connectivity index (χ1v) is 9.77. The highest BCUT2D eigenvalue weighted by Gasteiger charge is 2.36. The number of imidazole rings is 1. The first kappa shape index (κ1) is 16.4. The van der Waals surface area contributed by atoms with E-state index in [1.807, 2.05) is 11.8 Å². The second-order valence-corrected chi connectivity index (χ2v) is 8.16. The van der Waals surface area contributed by atoms with Crippen LogP contribution in [0.1, 0.15) is 32.6 Å². The molecular formula is C15H24N4O3S. The Morgan fingerprint density at radius 1 is 1.26 bits per heavy atom. The van der Waals surface area contributed by atoms with E-state index < -0.39 is 10.0 Å². The van der Waals surface area contributed by atoms with Gasteiger partial charge in [-0.25, -0.2) is 13.4 Å². The van der Waals surface area contributed by atoms with E-state index in [1.165, 1.54) is 10.6 Å². The summed E-state index contributed by atoms with van der Waals surface area (Å²) in [6.07, 6.45) is 6.68. The SMILES string of the molecule is CCn1cnc(S(=O)(=O)N2CCC[C@H](C(=O)N3CCCC3)C2)c1. The zero-order valence-corrected chi connectivity index (χ0v) is 14.3. The average Bonchev–Trinajstić information content (AvgIpc) is 3.25. The van der Waals surface area contributed by atoms with Gasteiger partial charge in [-0.1, -0.05) is 0 Å². The molecule has 0 bridgehead atoms. The highest BCUT2D eigenvalue weighted by atomic mass is 32.2. The summed E-state index contributed by atoms with van der Waals surface area (Å²) in [5.74, 6) is -0.105. The minimum atomic E-state index is -3.61. The highest BCUT2D eigenvalue weighted by Crippen LogP contribution is 2.25. The lowest BCUT2D eigenvalue weighted by Crippen LogP contribution is -2.46. The van der Waals surface area contributed by atoms with Crippen molar-refractivity contribution < 1.29 is 13.2 Å². The fourth-order valence-corrected chi connectivity index (χ4v) is 4.80. The first-order chi connectivity index (χ1) is 11.0. The van der Waals surface area contributed by atoms with Gasteiger partial charge in [0.25, 0.3) is 10.0 Å². The maximum Gasteiger partial charge on any atom is 0.262 e. The van der Waals surface area contributed by atoms with Gasteiger partial charge in [0.15, 0.2) is 5.03 Å². The van der Waals surface area contributed by atoms with Gasteiger partial charge in [-0.15, -0.1) is 0 Å². The van der Waals surface area contributed by atoms with Crippen LogP contribution < -0.4 is 0 Å². The smallest absolute Gasteiger partial charge is 0.262 e. The largest absolute Gasteiger partial charge is 0.342 e. The first-order valence-electron chi connectivity index (χ1n) is 8.33. The quantitative estimate of drug-likeness (QED) is 0.817. The third kappa shape index (κ3) is 3.28. The molecule has 23 heavy (non-hydrogen) atoms. The fraction of sp³-hybridized carbons (Fsp3) is 0.733. The lowest BCUT2D eigenvalue weighted by Gasteiger charge is -2.32. The number of aryl methyl sites for hydroxylation is 1. The van der Waals surface area contributed by atoms with Gasteiger partial charge in [-0.3, -0.25) is 4.79 Å². The van der Waals surface area contributed by atoms with Crippen LogP contribution in [0.3, 0.4) is 0 Å². The summed E-state index contributed by atoms with van der Waals surface area (Å²) >= 11 is 0. The summed E-state index contributed by atoms with van der Waals surface area (Å²) in [7, 11) is -3.61. The molecule has 0 saturated carbocycles. The molecule has 0 N–H and O–H groups in total. The van der Waals surface area contributed by atoms with Crippen LogP contribution in [0.2, 0.25) is 0 Å². The van der Waals surface area contributed by atoms with Crippen molar-refractivity contribution in [3.05, 3.63) is 12.5 Å². The molecule has 0 radical (unpaired) electrons. The number of nitrogens with zero attached hydrogens (tertiary/aromatic N) is 4. The van der Waals surface area contributed by atoms with E-state index in [0.717, 1.165) is 38.8 Å². The number of piperidine rings is 1. The van der Waals surface area contributed by atoms with Crippen LogP contribution in [0.4, 0.5) is 0 Å². The van der Waals surface area contributed by atoms with E-state index in [9.17, 15) is 13.2 Å². The Balaban J connectivity index is 1.73. The Morgan fingerprint density at radius 3 is 2.65 bits per heavy atom. The summed E-state index contributed by atoms with van der Waals surface area (Å²) in [5, 5.41) is 0.0774. The predicted octanol–water partition coefficient (Wildman–Crippen LogP) is 0.926. The number of hydrogen-bond donors (Lipinski definition) is 0. The lowest BCUT2D eigenvalue weighted by molar-refractivity contribution is -0.135. The lowest BCUT2D eigenvalue weighted by atomic mass is 9.98. The molecular weight excluding hydrogens is 316 g/mol. The van der Waals surface area contributed by atoms with Gasteiger partial charge < -0.3 is 9.47 Å². The van der Waals surface area contributed by atoms with Gasteiger partial charge >= 0.3 is 0 Å². The van der Waals surface area contributed by atoms with E-state index in [-0.39, 0.29) is 23.4 Å². The van der Waals surface area contributed by atoms with Gasteiger partial charge in [0, 0.05) is 38.9 Å². The van der Waals surface area contributed by atoms with E-state index in [1.54, 1.807) is 10.8 Å². The molecule has 0 aromatic carbocycles. The number of carbonyl (C=O) groups is 1. The monoisotopic (exact) mass is 340 g/mol. The predicted molar refractivity (Wildman–Crippen MR) is 85.2 cm³/mol. The molecule has 0 spiro atoms. The van der Waals surface area contributed by atoms with Gasteiger partial charge in [0.2, 0.25) is 5.91 Å². The molecule has 3 rings (SSSR count). The molecule has 3 heterocycles. The molecule has 1 atom stereocenters. The molecule has 2 aliphatic heterocycles. The number of sulfonamides is 1. The average molecular weight is 340 g/mol. The topological polar surface area (TPSA) is 75.5 Å². The summed E-state index contributed by atoms with van der Waals surface area (Å²) in [5.41, 5.74) is 0. The van der Waals surface area contributed by atoms with Crippen molar-refractivity contribution in [2.24, 2.45) is 5.92 Å². The van der Waals surface area contributed by atoms with Crippen LogP contribution in [-0.2, 0) is 21.4 Å². The van der Waals surface area contributed by atoms with Crippen molar-refractivity contribution in [2.75, 3.05) is 26.2 Å². The van der Waals surface area contributed by atoms with Gasteiger partial charge in [-0.05, 0) is 32.6 Å². The van der Waals surface area contributed by atoms with Crippen molar-refractivity contribution in [1.82, 2.24) is 18.8 Å². The Morgan fingerprint density at radius 2 is 2.00 bits per heavy atom. The molecule has 2 saturated heterocycles. The summed E-state index contributed by atoms with van der Waals surface area (Å²) in [6, 6.07) is 0. The van der Waals surface area contributed by atoms with Crippen LogP contribution in [0.25, 0.3) is 0 Å². The maximum atomic E-state index is 12.7. The molecule has 128 valence electrons. The van der Waals surface area contributed by atoms with E-state index in [2.05, 4.69) is 4.98 Å². The van der Waals surface area contributed by atoms with Crippen LogP contribution in [0.5, 0.6) is 0 Å². The third-order valence-electron chi connectivity index (χ3n) is 4.73.